The molecule has 0 spiro atoms. The van der Waals surface area contributed by atoms with Gasteiger partial charge in [0.1, 0.15) is 0 Å². The number of nitrogens with zero attached hydrogens (tertiary/aromatic N) is 2. The number of aromatic nitrogens is 2. The van der Waals surface area contributed by atoms with Crippen molar-refractivity contribution in [3.05, 3.63) is 40.1 Å². The van der Waals surface area contributed by atoms with Crippen LogP contribution in [0, 0.1) is 0 Å². The normalized spacial score (nSPS) is 11.8. The van der Waals surface area contributed by atoms with E-state index in [9.17, 15) is 8.42 Å². The molecule has 2 N–H and O–H groups in total. The van der Waals surface area contributed by atoms with Gasteiger partial charge in [-0.15, -0.1) is 0 Å². The summed E-state index contributed by atoms with van der Waals surface area (Å²) in [4.78, 5) is 0.262. The zero-order chi connectivity index (χ0) is 14.9. The van der Waals surface area contributed by atoms with Gasteiger partial charge in [-0.1, -0.05) is 6.92 Å². The first-order chi connectivity index (χ1) is 9.35. The number of anilines is 1. The van der Waals surface area contributed by atoms with Gasteiger partial charge in [0.15, 0.2) is 9.84 Å². The highest BCUT2D eigenvalue weighted by molar-refractivity contribution is 9.10. The topological polar surface area (TPSA) is 78.0 Å². The third kappa shape index (κ3) is 2.88. The zero-order valence-corrected chi connectivity index (χ0v) is 13.7. The highest BCUT2D eigenvalue weighted by atomic mass is 79.9. The fourth-order valence-electron chi connectivity index (χ4n) is 1.92. The van der Waals surface area contributed by atoms with Crippen LogP contribution in [0.4, 0.5) is 5.69 Å². The van der Waals surface area contributed by atoms with Crippen molar-refractivity contribution >= 4 is 31.5 Å². The second kappa shape index (κ2) is 5.57. The van der Waals surface area contributed by atoms with Crippen molar-refractivity contribution in [2.24, 2.45) is 7.05 Å². The molecule has 1 heterocycles. The fourth-order valence-corrected chi connectivity index (χ4v) is 4.27. The van der Waals surface area contributed by atoms with E-state index in [0.29, 0.717) is 11.4 Å². The van der Waals surface area contributed by atoms with Gasteiger partial charge in [-0.3, -0.25) is 4.68 Å². The van der Waals surface area contributed by atoms with Crippen LogP contribution in [-0.2, 0) is 29.1 Å². The molecule has 0 atom stereocenters. The molecule has 2 rings (SSSR count). The Morgan fingerprint density at radius 2 is 1.90 bits per heavy atom. The minimum absolute atomic E-state index is 0.0962. The number of aryl methyl sites for hydroxylation is 2. The molecule has 0 saturated heterocycles. The standard InChI is InChI=1S/C13H16BrN3O2S/c1-3-11-13(14)12(17(2)16-11)8-20(18,19)10-6-4-9(15)5-7-10/h4-7H,3,8,15H2,1-2H3. The summed E-state index contributed by atoms with van der Waals surface area (Å²) in [6.45, 7) is 1.98. The number of halogens is 1. The van der Waals surface area contributed by atoms with Crippen molar-refractivity contribution < 1.29 is 8.42 Å². The molecule has 0 saturated carbocycles. The quantitative estimate of drug-likeness (QED) is 0.851. The van der Waals surface area contributed by atoms with Crippen LogP contribution in [-0.4, -0.2) is 18.2 Å². The summed E-state index contributed by atoms with van der Waals surface area (Å²) < 4.78 is 27.2. The minimum atomic E-state index is -3.42. The second-order valence-electron chi connectivity index (χ2n) is 4.51. The SMILES string of the molecule is CCc1nn(C)c(CS(=O)(=O)c2ccc(N)cc2)c1Br. The number of rotatable bonds is 4. The molecule has 0 unspecified atom stereocenters. The van der Waals surface area contributed by atoms with E-state index in [0.717, 1.165) is 16.6 Å². The number of nitrogens with two attached hydrogens (primary N) is 1. The molecule has 1 aromatic carbocycles. The molecule has 2 aromatic rings. The molecular formula is C13H16BrN3O2S. The van der Waals surface area contributed by atoms with E-state index in [1.165, 1.54) is 12.1 Å². The molecule has 1 aromatic heterocycles. The van der Waals surface area contributed by atoms with E-state index < -0.39 is 9.84 Å². The van der Waals surface area contributed by atoms with Gasteiger partial charge in [-0.05, 0) is 46.6 Å². The Labute approximate surface area is 126 Å². The minimum Gasteiger partial charge on any atom is -0.399 e. The zero-order valence-electron chi connectivity index (χ0n) is 11.3. The molecule has 20 heavy (non-hydrogen) atoms. The van der Waals surface area contributed by atoms with Gasteiger partial charge >= 0.3 is 0 Å². The largest absolute Gasteiger partial charge is 0.399 e. The first-order valence-corrected chi connectivity index (χ1v) is 8.58. The molecule has 108 valence electrons. The smallest absolute Gasteiger partial charge is 0.184 e. The summed E-state index contributed by atoms with van der Waals surface area (Å²) in [6.07, 6.45) is 0.746. The van der Waals surface area contributed by atoms with E-state index >= 15 is 0 Å². The molecule has 0 bridgehead atoms. The number of hydrogen-bond donors (Lipinski definition) is 1. The van der Waals surface area contributed by atoms with Gasteiger partial charge in [-0.25, -0.2) is 8.42 Å². The molecule has 0 radical (unpaired) electrons. The lowest BCUT2D eigenvalue weighted by molar-refractivity contribution is 0.591. The second-order valence-corrected chi connectivity index (χ2v) is 7.30. The van der Waals surface area contributed by atoms with Crippen molar-refractivity contribution in [2.45, 2.75) is 24.0 Å². The molecule has 0 aliphatic heterocycles. The third-order valence-electron chi connectivity index (χ3n) is 3.07. The molecule has 0 amide bonds. The number of benzene rings is 1. The summed E-state index contributed by atoms with van der Waals surface area (Å²) in [6, 6.07) is 6.22. The maximum Gasteiger partial charge on any atom is 0.184 e. The average molecular weight is 358 g/mol. The number of hydrogen-bond acceptors (Lipinski definition) is 4. The third-order valence-corrected chi connectivity index (χ3v) is 5.63. The van der Waals surface area contributed by atoms with Crippen LogP contribution in [0.2, 0.25) is 0 Å². The van der Waals surface area contributed by atoms with Gasteiger partial charge in [0.2, 0.25) is 0 Å². The first-order valence-electron chi connectivity index (χ1n) is 6.13. The van der Waals surface area contributed by atoms with Crippen LogP contribution >= 0.6 is 15.9 Å². The van der Waals surface area contributed by atoms with E-state index in [2.05, 4.69) is 21.0 Å². The molecule has 0 aliphatic carbocycles. The fraction of sp³-hybridized carbons (Fsp3) is 0.308. The summed E-state index contributed by atoms with van der Waals surface area (Å²) >= 11 is 3.43. The lowest BCUT2D eigenvalue weighted by Gasteiger charge is -2.06. The Morgan fingerprint density at radius 1 is 1.30 bits per heavy atom. The van der Waals surface area contributed by atoms with Gasteiger partial charge in [0.25, 0.3) is 0 Å². The Kier molecular flexibility index (Phi) is 4.19. The highest BCUT2D eigenvalue weighted by Crippen LogP contribution is 2.26. The molecule has 0 aliphatic rings. The first kappa shape index (κ1) is 15.1. The van der Waals surface area contributed by atoms with Crippen LogP contribution in [0.3, 0.4) is 0 Å². The Morgan fingerprint density at radius 3 is 2.40 bits per heavy atom. The predicted octanol–water partition coefficient (Wildman–Crippen LogP) is 2.30. The van der Waals surface area contributed by atoms with Crippen LogP contribution < -0.4 is 5.73 Å². The summed E-state index contributed by atoms with van der Waals surface area (Å²) in [5, 5.41) is 4.31. The van der Waals surface area contributed by atoms with E-state index in [-0.39, 0.29) is 10.6 Å². The van der Waals surface area contributed by atoms with E-state index in [1.807, 2.05) is 6.92 Å². The summed E-state index contributed by atoms with van der Waals surface area (Å²) in [5.41, 5.74) is 7.62. The Hall–Kier alpha value is -1.34. The summed E-state index contributed by atoms with van der Waals surface area (Å²) in [7, 11) is -1.67. The Bertz CT molecular complexity index is 721. The van der Waals surface area contributed by atoms with Gasteiger partial charge < -0.3 is 5.73 Å². The van der Waals surface area contributed by atoms with Crippen LogP contribution in [0.1, 0.15) is 18.3 Å². The molecule has 0 fully saturated rings. The monoisotopic (exact) mass is 357 g/mol. The number of sulfone groups is 1. The predicted molar refractivity (Wildman–Crippen MR) is 82.0 cm³/mol. The van der Waals surface area contributed by atoms with Crippen molar-refractivity contribution in [2.75, 3.05) is 5.73 Å². The van der Waals surface area contributed by atoms with Gasteiger partial charge in [-0.2, -0.15) is 5.10 Å². The van der Waals surface area contributed by atoms with Crippen molar-refractivity contribution in [3.63, 3.8) is 0 Å². The maximum atomic E-state index is 12.4. The lowest BCUT2D eigenvalue weighted by atomic mass is 10.3. The van der Waals surface area contributed by atoms with Crippen molar-refractivity contribution in [1.29, 1.82) is 0 Å². The van der Waals surface area contributed by atoms with Gasteiger partial charge in [0, 0.05) is 12.7 Å². The molecule has 5 nitrogen and oxygen atoms in total. The Balaban J connectivity index is 2.38. The van der Waals surface area contributed by atoms with Crippen molar-refractivity contribution in [3.8, 4) is 0 Å². The van der Waals surface area contributed by atoms with Crippen LogP contribution in [0.15, 0.2) is 33.6 Å². The highest BCUT2D eigenvalue weighted by Gasteiger charge is 2.21. The van der Waals surface area contributed by atoms with Crippen molar-refractivity contribution in [1.82, 2.24) is 9.78 Å². The van der Waals surface area contributed by atoms with E-state index in [4.69, 9.17) is 5.73 Å². The average Bonchev–Trinajstić information content (AvgIpc) is 2.66. The van der Waals surface area contributed by atoms with Crippen LogP contribution in [0.5, 0.6) is 0 Å². The molecular weight excluding hydrogens is 342 g/mol. The lowest BCUT2D eigenvalue weighted by Crippen LogP contribution is -2.09. The van der Waals surface area contributed by atoms with Crippen LogP contribution in [0.25, 0.3) is 0 Å². The summed E-state index contributed by atoms with van der Waals surface area (Å²) in [5.74, 6) is -0.0962. The maximum absolute atomic E-state index is 12.4. The number of nitrogen functional groups attached to an aromatic ring is 1. The van der Waals surface area contributed by atoms with Gasteiger partial charge in [0.05, 0.1) is 26.5 Å². The van der Waals surface area contributed by atoms with E-state index in [1.54, 1.807) is 23.9 Å². The molecule has 7 heteroatoms.